The smallest absolute Gasteiger partial charge is 0.457 e. The second kappa shape index (κ2) is 9.18. The summed E-state index contributed by atoms with van der Waals surface area (Å²) in [6.45, 7) is 5.13. The number of rotatable bonds is 8. The highest BCUT2D eigenvalue weighted by Crippen LogP contribution is 2.24. The first-order valence-corrected chi connectivity index (χ1v) is 10.00. The standard InChI is InChI=1S/C24H25BN2O3/c1-17(24(26)13-18-5-3-2-4-6-18)27-15-19-7-9-21(10-8-19)30-22-11-12-23-20(14-22)16-29-25(23)28/h2-12,14,24,27-28H,1,13,15-16,26H2. The molecule has 30 heavy (non-hydrogen) atoms. The molecular weight excluding hydrogens is 375 g/mol. The van der Waals surface area contributed by atoms with Gasteiger partial charge < -0.3 is 25.5 Å². The molecule has 0 radical (unpaired) electrons. The van der Waals surface area contributed by atoms with Gasteiger partial charge in [-0.05, 0) is 52.8 Å². The Balaban J connectivity index is 1.29. The van der Waals surface area contributed by atoms with Crippen LogP contribution in [0.15, 0.2) is 85.1 Å². The van der Waals surface area contributed by atoms with Crippen LogP contribution < -0.4 is 21.3 Å². The molecule has 0 amide bonds. The number of nitrogens with one attached hydrogen (secondary N) is 1. The van der Waals surface area contributed by atoms with Crippen molar-refractivity contribution in [2.45, 2.75) is 25.6 Å². The molecule has 1 aliphatic rings. The zero-order chi connectivity index (χ0) is 20.9. The largest absolute Gasteiger partial charge is 0.491 e. The fourth-order valence-corrected chi connectivity index (χ4v) is 3.42. The van der Waals surface area contributed by atoms with Gasteiger partial charge >= 0.3 is 7.12 Å². The van der Waals surface area contributed by atoms with E-state index in [2.05, 4.69) is 24.0 Å². The lowest BCUT2D eigenvalue weighted by Crippen LogP contribution is -2.32. The molecule has 6 heteroatoms. The molecule has 4 rings (SSSR count). The van der Waals surface area contributed by atoms with E-state index in [1.54, 1.807) is 0 Å². The van der Waals surface area contributed by atoms with Gasteiger partial charge in [0.25, 0.3) is 0 Å². The van der Waals surface area contributed by atoms with Crippen LogP contribution in [0.1, 0.15) is 16.7 Å². The number of benzene rings is 3. The molecule has 1 heterocycles. The Morgan fingerprint density at radius 2 is 1.80 bits per heavy atom. The number of hydrogen-bond donors (Lipinski definition) is 3. The Bertz CT molecular complexity index is 1010. The zero-order valence-electron chi connectivity index (χ0n) is 16.8. The number of nitrogens with two attached hydrogens (primary N) is 1. The van der Waals surface area contributed by atoms with E-state index >= 15 is 0 Å². The molecule has 5 nitrogen and oxygen atoms in total. The van der Waals surface area contributed by atoms with Gasteiger partial charge in [-0.15, -0.1) is 0 Å². The van der Waals surface area contributed by atoms with Gasteiger partial charge in [0.05, 0.1) is 6.61 Å². The first-order valence-electron chi connectivity index (χ1n) is 10.00. The van der Waals surface area contributed by atoms with E-state index in [1.807, 2.05) is 60.7 Å². The van der Waals surface area contributed by atoms with Gasteiger partial charge in [0.2, 0.25) is 0 Å². The van der Waals surface area contributed by atoms with E-state index in [1.165, 1.54) is 5.56 Å². The molecule has 4 N–H and O–H groups in total. The Morgan fingerprint density at radius 1 is 1.07 bits per heavy atom. The van der Waals surface area contributed by atoms with Crippen molar-refractivity contribution in [3.8, 4) is 11.5 Å². The molecule has 3 aromatic rings. The predicted molar refractivity (Wildman–Crippen MR) is 119 cm³/mol. The maximum atomic E-state index is 9.71. The van der Waals surface area contributed by atoms with Crippen LogP contribution in [-0.4, -0.2) is 18.2 Å². The van der Waals surface area contributed by atoms with E-state index in [4.69, 9.17) is 15.1 Å². The molecule has 3 aromatic carbocycles. The first-order chi connectivity index (χ1) is 14.6. The maximum absolute atomic E-state index is 9.71. The van der Waals surface area contributed by atoms with Crippen LogP contribution in [0.3, 0.4) is 0 Å². The molecule has 0 spiro atoms. The third-order valence-electron chi connectivity index (χ3n) is 5.20. The fourth-order valence-electron chi connectivity index (χ4n) is 3.42. The van der Waals surface area contributed by atoms with Gasteiger partial charge in [0, 0.05) is 18.3 Å². The summed E-state index contributed by atoms with van der Waals surface area (Å²) < 4.78 is 11.1. The Hall–Kier alpha value is -3.06. The quantitative estimate of drug-likeness (QED) is 0.507. The Morgan fingerprint density at radius 3 is 2.57 bits per heavy atom. The minimum atomic E-state index is -0.837. The molecule has 152 valence electrons. The molecule has 1 atom stereocenters. The molecule has 0 bridgehead atoms. The third kappa shape index (κ3) is 4.91. The topological polar surface area (TPSA) is 76.7 Å². The Labute approximate surface area is 177 Å². The van der Waals surface area contributed by atoms with Crippen molar-refractivity contribution < 1.29 is 14.4 Å². The fraction of sp³-hybridized carbons (Fsp3) is 0.167. The highest BCUT2D eigenvalue weighted by Gasteiger charge is 2.27. The lowest BCUT2D eigenvalue weighted by Gasteiger charge is -2.17. The lowest BCUT2D eigenvalue weighted by atomic mass is 9.80. The minimum absolute atomic E-state index is 0.141. The van der Waals surface area contributed by atoms with Crippen molar-refractivity contribution >= 4 is 12.6 Å². The summed E-state index contributed by atoms with van der Waals surface area (Å²) in [6, 6.07) is 23.5. The summed E-state index contributed by atoms with van der Waals surface area (Å²) >= 11 is 0. The van der Waals surface area contributed by atoms with Crippen LogP contribution in [0, 0.1) is 0 Å². The van der Waals surface area contributed by atoms with Gasteiger partial charge in [-0.25, -0.2) is 0 Å². The highest BCUT2D eigenvalue weighted by molar-refractivity contribution is 6.61. The van der Waals surface area contributed by atoms with Gasteiger partial charge in [0.1, 0.15) is 11.5 Å². The molecule has 0 saturated carbocycles. The van der Waals surface area contributed by atoms with Gasteiger partial charge in [0.15, 0.2) is 0 Å². The molecular formula is C24H25BN2O3. The third-order valence-corrected chi connectivity index (χ3v) is 5.20. The van der Waals surface area contributed by atoms with Crippen molar-refractivity contribution in [2.75, 3.05) is 0 Å². The second-order valence-electron chi connectivity index (χ2n) is 7.45. The van der Waals surface area contributed by atoms with Crippen LogP contribution in [0.5, 0.6) is 11.5 Å². The van der Waals surface area contributed by atoms with Crippen molar-refractivity contribution in [1.82, 2.24) is 5.32 Å². The summed E-state index contributed by atoms with van der Waals surface area (Å²) in [5.74, 6) is 1.47. The average Bonchev–Trinajstić information content (AvgIpc) is 3.14. The zero-order valence-corrected chi connectivity index (χ0v) is 16.8. The molecule has 1 unspecified atom stereocenters. The Kier molecular flexibility index (Phi) is 6.19. The van der Waals surface area contributed by atoms with Gasteiger partial charge in [-0.3, -0.25) is 0 Å². The molecule has 0 aliphatic carbocycles. The second-order valence-corrected chi connectivity index (χ2v) is 7.45. The SMILES string of the molecule is C=C(NCc1ccc(Oc2ccc3c(c2)COB3O)cc1)C(N)Cc1ccccc1. The summed E-state index contributed by atoms with van der Waals surface area (Å²) in [7, 11) is -0.837. The minimum Gasteiger partial charge on any atom is -0.457 e. The highest BCUT2D eigenvalue weighted by atomic mass is 16.5. The van der Waals surface area contributed by atoms with Crippen molar-refractivity contribution in [3.63, 3.8) is 0 Å². The van der Waals surface area contributed by atoms with Crippen LogP contribution >= 0.6 is 0 Å². The molecule has 0 fully saturated rings. The summed E-state index contributed by atoms with van der Waals surface area (Å²) in [4.78, 5) is 0. The number of hydrogen-bond acceptors (Lipinski definition) is 5. The van der Waals surface area contributed by atoms with Crippen LogP contribution in [-0.2, 0) is 24.2 Å². The van der Waals surface area contributed by atoms with Gasteiger partial charge in [-0.2, -0.15) is 0 Å². The number of fused-ring (bicyclic) bond motifs is 1. The van der Waals surface area contributed by atoms with Gasteiger partial charge in [-0.1, -0.05) is 55.1 Å². The lowest BCUT2D eigenvalue weighted by molar-refractivity contribution is 0.275. The molecule has 0 saturated heterocycles. The van der Waals surface area contributed by atoms with Crippen molar-refractivity contribution in [1.29, 1.82) is 0 Å². The van der Waals surface area contributed by atoms with Crippen molar-refractivity contribution in [3.05, 3.63) is 102 Å². The normalized spacial score (nSPS) is 13.6. The average molecular weight is 400 g/mol. The molecule has 1 aliphatic heterocycles. The first kappa shape index (κ1) is 20.2. The van der Waals surface area contributed by atoms with E-state index in [-0.39, 0.29) is 6.04 Å². The van der Waals surface area contributed by atoms with Crippen LogP contribution in [0.4, 0.5) is 0 Å². The molecule has 0 aromatic heterocycles. The van der Waals surface area contributed by atoms with E-state index in [0.717, 1.165) is 40.2 Å². The van der Waals surface area contributed by atoms with Crippen LogP contribution in [0.25, 0.3) is 0 Å². The van der Waals surface area contributed by atoms with Crippen LogP contribution in [0.2, 0.25) is 0 Å². The van der Waals surface area contributed by atoms with Crippen molar-refractivity contribution in [2.24, 2.45) is 5.73 Å². The monoisotopic (exact) mass is 400 g/mol. The summed E-state index contributed by atoms with van der Waals surface area (Å²) in [5, 5.41) is 13.0. The summed E-state index contributed by atoms with van der Waals surface area (Å²) in [5.41, 5.74) is 11.1. The number of ether oxygens (including phenoxy) is 1. The van der Waals surface area contributed by atoms with E-state index in [0.29, 0.717) is 13.2 Å². The van der Waals surface area contributed by atoms with E-state index < -0.39 is 7.12 Å². The summed E-state index contributed by atoms with van der Waals surface area (Å²) in [6.07, 6.45) is 0.752. The maximum Gasteiger partial charge on any atom is 0.491 e. The predicted octanol–water partition coefficient (Wildman–Crippen LogP) is 2.87. The van der Waals surface area contributed by atoms with E-state index in [9.17, 15) is 5.02 Å².